The zero-order valence-electron chi connectivity index (χ0n) is 16.6. The number of aromatic hydroxyl groups is 1. The average molecular weight is 414 g/mol. The Morgan fingerprint density at radius 3 is 2.52 bits per heavy atom. The van der Waals surface area contributed by atoms with Crippen molar-refractivity contribution in [3.05, 3.63) is 59.3 Å². The van der Waals surface area contributed by atoms with Crippen molar-refractivity contribution in [3.63, 3.8) is 0 Å². The number of nitrogens with zero attached hydrogens (tertiary/aromatic N) is 2. The molecule has 152 valence electrons. The highest BCUT2D eigenvalue weighted by Gasteiger charge is 2.25. The maximum absolute atomic E-state index is 13.1. The molecule has 2 aromatic carbocycles. The Morgan fingerprint density at radius 2 is 1.93 bits per heavy atom. The monoisotopic (exact) mass is 414 g/mol. The number of rotatable bonds is 6. The second kappa shape index (κ2) is 7.71. The first-order chi connectivity index (χ1) is 13.7. The molecule has 0 fully saturated rings. The summed E-state index contributed by atoms with van der Waals surface area (Å²) in [6.07, 6.45) is 2.44. The van der Waals surface area contributed by atoms with E-state index in [2.05, 4.69) is 5.10 Å². The molecule has 0 bridgehead atoms. The SMILES string of the molecule is CCn1ncc(C(=O)c2ccc(S(C)(=O)=O)c(-c3cccc(OC)c3)c2C)c1O. The molecule has 3 aromatic rings. The largest absolute Gasteiger partial charge is 0.497 e. The third kappa shape index (κ3) is 3.75. The van der Waals surface area contributed by atoms with E-state index in [1.807, 2.05) is 0 Å². The van der Waals surface area contributed by atoms with Crippen molar-refractivity contribution in [1.82, 2.24) is 9.78 Å². The molecule has 0 radical (unpaired) electrons. The number of benzene rings is 2. The lowest BCUT2D eigenvalue weighted by molar-refractivity contribution is 0.103. The molecule has 8 heteroatoms. The molecule has 1 heterocycles. The number of aromatic nitrogens is 2. The molecule has 0 saturated heterocycles. The van der Waals surface area contributed by atoms with Crippen LogP contribution in [-0.2, 0) is 16.4 Å². The van der Waals surface area contributed by atoms with Crippen molar-refractivity contribution < 1.29 is 23.1 Å². The van der Waals surface area contributed by atoms with Crippen molar-refractivity contribution in [2.45, 2.75) is 25.3 Å². The molecular formula is C21H22N2O5S. The first-order valence-corrected chi connectivity index (χ1v) is 10.9. The van der Waals surface area contributed by atoms with Gasteiger partial charge in [-0.1, -0.05) is 12.1 Å². The van der Waals surface area contributed by atoms with Crippen molar-refractivity contribution in [3.8, 4) is 22.8 Å². The van der Waals surface area contributed by atoms with Gasteiger partial charge in [-0.05, 0) is 49.2 Å². The second-order valence-corrected chi connectivity index (χ2v) is 8.63. The van der Waals surface area contributed by atoms with Gasteiger partial charge in [0.25, 0.3) is 0 Å². The molecule has 29 heavy (non-hydrogen) atoms. The lowest BCUT2D eigenvalue weighted by Gasteiger charge is -2.16. The van der Waals surface area contributed by atoms with Crippen LogP contribution in [0.4, 0.5) is 0 Å². The minimum absolute atomic E-state index is 0.0682. The maximum Gasteiger partial charge on any atom is 0.220 e. The molecule has 0 atom stereocenters. The molecule has 0 aliphatic carbocycles. The van der Waals surface area contributed by atoms with Gasteiger partial charge in [-0.2, -0.15) is 5.10 Å². The van der Waals surface area contributed by atoms with E-state index in [4.69, 9.17) is 4.74 Å². The van der Waals surface area contributed by atoms with E-state index in [0.29, 0.717) is 34.5 Å². The van der Waals surface area contributed by atoms with Crippen LogP contribution < -0.4 is 4.74 Å². The fourth-order valence-electron chi connectivity index (χ4n) is 3.29. The number of hydrogen-bond donors (Lipinski definition) is 1. The summed E-state index contributed by atoms with van der Waals surface area (Å²) in [7, 11) is -2.03. The number of ketones is 1. The zero-order valence-corrected chi connectivity index (χ0v) is 17.4. The first-order valence-electron chi connectivity index (χ1n) is 8.96. The van der Waals surface area contributed by atoms with E-state index in [9.17, 15) is 18.3 Å². The topological polar surface area (TPSA) is 98.5 Å². The Morgan fingerprint density at radius 1 is 1.21 bits per heavy atom. The van der Waals surface area contributed by atoms with Crippen LogP contribution in [0.15, 0.2) is 47.5 Å². The smallest absolute Gasteiger partial charge is 0.220 e. The van der Waals surface area contributed by atoms with E-state index < -0.39 is 15.6 Å². The first kappa shape index (κ1) is 20.6. The van der Waals surface area contributed by atoms with Crippen LogP contribution in [0.2, 0.25) is 0 Å². The summed E-state index contributed by atoms with van der Waals surface area (Å²) in [6, 6.07) is 9.89. The molecule has 1 aromatic heterocycles. The van der Waals surface area contributed by atoms with Gasteiger partial charge in [0.1, 0.15) is 11.3 Å². The molecule has 3 rings (SSSR count). The van der Waals surface area contributed by atoms with Crippen LogP contribution in [0.5, 0.6) is 11.6 Å². The number of aryl methyl sites for hydroxylation is 1. The normalized spacial score (nSPS) is 11.4. The average Bonchev–Trinajstić information content (AvgIpc) is 3.07. The predicted molar refractivity (Wildman–Crippen MR) is 109 cm³/mol. The molecule has 0 aliphatic rings. The molecule has 0 amide bonds. The van der Waals surface area contributed by atoms with E-state index >= 15 is 0 Å². The quantitative estimate of drug-likeness (QED) is 0.622. The molecule has 0 aliphatic heterocycles. The molecular weight excluding hydrogens is 392 g/mol. The maximum atomic E-state index is 13.1. The Bertz CT molecular complexity index is 1200. The number of hydrogen-bond acceptors (Lipinski definition) is 6. The second-order valence-electron chi connectivity index (χ2n) is 6.64. The number of carbonyl (C=O) groups is 1. The number of sulfone groups is 1. The van der Waals surface area contributed by atoms with Crippen molar-refractivity contribution >= 4 is 15.6 Å². The lowest BCUT2D eigenvalue weighted by Crippen LogP contribution is -2.09. The van der Waals surface area contributed by atoms with Crippen LogP contribution in [-0.4, -0.2) is 42.5 Å². The van der Waals surface area contributed by atoms with Gasteiger partial charge < -0.3 is 9.84 Å². The zero-order chi connectivity index (χ0) is 21.3. The van der Waals surface area contributed by atoms with Crippen molar-refractivity contribution in [1.29, 1.82) is 0 Å². The summed E-state index contributed by atoms with van der Waals surface area (Å²) in [4.78, 5) is 13.2. The van der Waals surface area contributed by atoms with Gasteiger partial charge in [-0.15, -0.1) is 0 Å². The summed E-state index contributed by atoms with van der Waals surface area (Å²) in [5.74, 6) is -0.0733. The number of methoxy groups -OCH3 is 1. The number of carbonyl (C=O) groups excluding carboxylic acids is 1. The van der Waals surface area contributed by atoms with Crippen LogP contribution >= 0.6 is 0 Å². The predicted octanol–water partition coefficient (Wildman–Crippen LogP) is 3.23. The van der Waals surface area contributed by atoms with Crippen LogP contribution in [0, 0.1) is 6.92 Å². The Kier molecular flexibility index (Phi) is 5.48. The van der Waals surface area contributed by atoms with Crippen molar-refractivity contribution in [2.75, 3.05) is 13.4 Å². The molecule has 7 nitrogen and oxygen atoms in total. The fraction of sp³-hybridized carbons (Fsp3) is 0.238. The van der Waals surface area contributed by atoms with Gasteiger partial charge in [0, 0.05) is 23.9 Å². The van der Waals surface area contributed by atoms with Gasteiger partial charge in [0.05, 0.1) is 18.2 Å². The summed E-state index contributed by atoms with van der Waals surface area (Å²) >= 11 is 0. The van der Waals surface area contributed by atoms with Gasteiger partial charge in [0.2, 0.25) is 5.88 Å². The highest BCUT2D eigenvalue weighted by Crippen LogP contribution is 2.35. The highest BCUT2D eigenvalue weighted by atomic mass is 32.2. The fourth-order valence-corrected chi connectivity index (χ4v) is 4.25. The van der Waals surface area contributed by atoms with E-state index in [-0.39, 0.29) is 16.3 Å². The van der Waals surface area contributed by atoms with Crippen molar-refractivity contribution in [2.24, 2.45) is 0 Å². The van der Waals surface area contributed by atoms with Crippen LogP contribution in [0.25, 0.3) is 11.1 Å². The Hall–Kier alpha value is -3.13. The van der Waals surface area contributed by atoms with E-state index in [1.165, 1.54) is 30.1 Å². The minimum Gasteiger partial charge on any atom is -0.497 e. The molecule has 0 saturated carbocycles. The van der Waals surface area contributed by atoms with Gasteiger partial charge in [-0.3, -0.25) is 4.79 Å². The standard InChI is InChI=1S/C21H22N2O5S/c1-5-23-21(25)17(12-22-23)20(24)16-9-10-18(29(4,26)27)19(13(16)2)14-7-6-8-15(11-14)28-3/h6-12,25H,5H2,1-4H3. The Balaban J connectivity index is 2.26. The summed E-state index contributed by atoms with van der Waals surface area (Å²) in [6.45, 7) is 3.91. The van der Waals surface area contributed by atoms with Crippen LogP contribution in [0.3, 0.4) is 0 Å². The molecule has 0 unspecified atom stereocenters. The molecule has 1 N–H and O–H groups in total. The number of ether oxygens (including phenoxy) is 1. The third-order valence-electron chi connectivity index (χ3n) is 4.79. The summed E-state index contributed by atoms with van der Waals surface area (Å²) in [5, 5.41) is 14.3. The Labute approximate surface area is 169 Å². The van der Waals surface area contributed by atoms with Gasteiger partial charge in [-0.25, -0.2) is 13.1 Å². The minimum atomic E-state index is -3.56. The highest BCUT2D eigenvalue weighted by molar-refractivity contribution is 7.90. The van der Waals surface area contributed by atoms with E-state index in [1.54, 1.807) is 38.1 Å². The van der Waals surface area contributed by atoms with Gasteiger partial charge in [0.15, 0.2) is 15.6 Å². The molecule has 0 spiro atoms. The third-order valence-corrected chi connectivity index (χ3v) is 5.92. The van der Waals surface area contributed by atoms with E-state index in [0.717, 1.165) is 6.26 Å². The van der Waals surface area contributed by atoms with Gasteiger partial charge >= 0.3 is 0 Å². The summed E-state index contributed by atoms with van der Waals surface area (Å²) in [5.41, 5.74) is 1.90. The van der Waals surface area contributed by atoms with Crippen LogP contribution in [0.1, 0.15) is 28.4 Å². The summed E-state index contributed by atoms with van der Waals surface area (Å²) < 4.78 is 31.4. The lowest BCUT2D eigenvalue weighted by atomic mass is 9.92.